The molecule has 0 aliphatic rings. The van der Waals surface area contributed by atoms with Crippen LogP contribution in [0.15, 0.2) is 16.6 Å². The Balaban J connectivity index is 3.12. The van der Waals surface area contributed by atoms with Crippen molar-refractivity contribution in [2.24, 2.45) is 0 Å². The topological polar surface area (TPSA) is 83.6 Å². The number of aromatic nitrogens is 1. The standard InChI is InChI=1S/C10H13NO4/c1-10(2,3)8-6(11-5-15-8)4-7(12)9(13)14/h4-5,12H,1-3H3,(H,13,14). The van der Waals surface area contributed by atoms with Crippen molar-refractivity contribution >= 4 is 12.0 Å². The van der Waals surface area contributed by atoms with Gasteiger partial charge in [0, 0.05) is 11.5 Å². The third-order valence-electron chi connectivity index (χ3n) is 1.77. The first-order valence-corrected chi connectivity index (χ1v) is 4.40. The summed E-state index contributed by atoms with van der Waals surface area (Å²) < 4.78 is 5.15. The third kappa shape index (κ3) is 2.59. The number of carboxylic acid groups (broad SMARTS) is 1. The van der Waals surface area contributed by atoms with Gasteiger partial charge in [-0.25, -0.2) is 9.78 Å². The van der Waals surface area contributed by atoms with Gasteiger partial charge >= 0.3 is 5.97 Å². The van der Waals surface area contributed by atoms with Gasteiger partial charge in [-0.3, -0.25) is 0 Å². The third-order valence-corrected chi connectivity index (χ3v) is 1.77. The predicted octanol–water partition coefficient (Wildman–Crippen LogP) is 1.96. The second-order valence-electron chi connectivity index (χ2n) is 4.15. The molecule has 0 atom stereocenters. The molecule has 1 aromatic rings. The number of aliphatic hydroxyl groups is 1. The van der Waals surface area contributed by atoms with Crippen LogP contribution >= 0.6 is 0 Å². The zero-order chi connectivity index (χ0) is 11.6. The molecule has 0 unspecified atom stereocenters. The average Bonchev–Trinajstić information content (AvgIpc) is 2.50. The van der Waals surface area contributed by atoms with Gasteiger partial charge in [0.05, 0.1) is 0 Å². The van der Waals surface area contributed by atoms with Crippen LogP contribution in [0, 0.1) is 0 Å². The quantitative estimate of drug-likeness (QED) is 0.577. The Morgan fingerprint density at radius 2 is 2.07 bits per heavy atom. The van der Waals surface area contributed by atoms with E-state index >= 15 is 0 Å². The fourth-order valence-corrected chi connectivity index (χ4v) is 1.11. The second kappa shape index (κ2) is 3.76. The van der Waals surface area contributed by atoms with Gasteiger partial charge in [0.1, 0.15) is 11.5 Å². The van der Waals surface area contributed by atoms with Crippen LogP contribution in [0.5, 0.6) is 0 Å². The van der Waals surface area contributed by atoms with E-state index in [9.17, 15) is 4.79 Å². The minimum absolute atomic E-state index is 0.291. The number of rotatable bonds is 2. The van der Waals surface area contributed by atoms with E-state index < -0.39 is 11.7 Å². The summed E-state index contributed by atoms with van der Waals surface area (Å²) in [5, 5.41) is 17.6. The molecule has 2 N–H and O–H groups in total. The van der Waals surface area contributed by atoms with Crippen LogP contribution in [0.25, 0.3) is 6.08 Å². The van der Waals surface area contributed by atoms with Crippen molar-refractivity contribution in [3.05, 3.63) is 23.6 Å². The van der Waals surface area contributed by atoms with Gasteiger partial charge in [0.25, 0.3) is 0 Å². The molecule has 5 heteroatoms. The summed E-state index contributed by atoms with van der Waals surface area (Å²) >= 11 is 0. The molecule has 1 rings (SSSR count). The maximum atomic E-state index is 10.4. The molecule has 0 saturated heterocycles. The zero-order valence-corrected chi connectivity index (χ0v) is 8.81. The summed E-state index contributed by atoms with van der Waals surface area (Å²) in [5.74, 6) is -1.61. The normalized spacial score (nSPS) is 12.9. The van der Waals surface area contributed by atoms with E-state index in [1.807, 2.05) is 20.8 Å². The van der Waals surface area contributed by atoms with Crippen LogP contribution in [-0.4, -0.2) is 21.2 Å². The number of carbonyl (C=O) groups is 1. The van der Waals surface area contributed by atoms with Crippen molar-refractivity contribution in [1.29, 1.82) is 0 Å². The molecule has 15 heavy (non-hydrogen) atoms. The highest BCUT2D eigenvalue weighted by molar-refractivity contribution is 5.89. The molecular weight excluding hydrogens is 198 g/mol. The molecule has 0 spiro atoms. The summed E-state index contributed by atoms with van der Waals surface area (Å²) in [6.45, 7) is 5.72. The van der Waals surface area contributed by atoms with Gasteiger partial charge in [-0.05, 0) is 0 Å². The number of hydrogen-bond donors (Lipinski definition) is 2. The van der Waals surface area contributed by atoms with Crippen molar-refractivity contribution in [2.45, 2.75) is 26.2 Å². The maximum Gasteiger partial charge on any atom is 0.371 e. The SMILES string of the molecule is CC(C)(C)c1ocnc1C=C(O)C(=O)O. The van der Waals surface area contributed by atoms with Crippen LogP contribution in [0.2, 0.25) is 0 Å². The number of aliphatic hydroxyl groups excluding tert-OH is 1. The Bertz CT molecular complexity index is 398. The number of aliphatic carboxylic acids is 1. The number of carboxylic acids is 1. The highest BCUT2D eigenvalue weighted by Gasteiger charge is 2.22. The lowest BCUT2D eigenvalue weighted by molar-refractivity contribution is -0.135. The van der Waals surface area contributed by atoms with Crippen molar-refractivity contribution in [3.8, 4) is 0 Å². The minimum atomic E-state index is -1.39. The van der Waals surface area contributed by atoms with Gasteiger partial charge in [-0.2, -0.15) is 0 Å². The Hall–Kier alpha value is -1.78. The van der Waals surface area contributed by atoms with E-state index in [4.69, 9.17) is 14.6 Å². The number of oxazole rings is 1. The first-order chi connectivity index (χ1) is 6.82. The van der Waals surface area contributed by atoms with E-state index in [0.29, 0.717) is 11.5 Å². The van der Waals surface area contributed by atoms with E-state index in [-0.39, 0.29) is 5.41 Å². The summed E-state index contributed by atoms with van der Waals surface area (Å²) in [4.78, 5) is 14.2. The first kappa shape index (κ1) is 11.3. The fourth-order valence-electron chi connectivity index (χ4n) is 1.11. The van der Waals surface area contributed by atoms with Crippen molar-refractivity contribution in [1.82, 2.24) is 4.98 Å². The van der Waals surface area contributed by atoms with Gasteiger partial charge in [0.15, 0.2) is 6.39 Å². The molecule has 5 nitrogen and oxygen atoms in total. The van der Waals surface area contributed by atoms with Crippen molar-refractivity contribution < 1.29 is 19.4 Å². The Morgan fingerprint density at radius 3 is 2.53 bits per heavy atom. The molecular formula is C10H13NO4. The van der Waals surface area contributed by atoms with Crippen molar-refractivity contribution in [2.75, 3.05) is 0 Å². The molecule has 0 bridgehead atoms. The molecule has 0 aliphatic carbocycles. The van der Waals surface area contributed by atoms with Crippen LogP contribution in [0.1, 0.15) is 32.2 Å². The van der Waals surface area contributed by atoms with Crippen LogP contribution in [0.3, 0.4) is 0 Å². The summed E-state index contributed by atoms with van der Waals surface area (Å²) in [6, 6.07) is 0. The van der Waals surface area contributed by atoms with Crippen LogP contribution in [-0.2, 0) is 10.2 Å². The van der Waals surface area contributed by atoms with Gasteiger partial charge in [-0.15, -0.1) is 0 Å². The minimum Gasteiger partial charge on any atom is -0.502 e. The number of nitrogens with zero attached hydrogens (tertiary/aromatic N) is 1. The molecule has 82 valence electrons. The van der Waals surface area contributed by atoms with Gasteiger partial charge in [-0.1, -0.05) is 20.8 Å². The van der Waals surface area contributed by atoms with E-state index in [2.05, 4.69) is 4.98 Å². The van der Waals surface area contributed by atoms with Crippen LogP contribution in [0.4, 0.5) is 0 Å². The summed E-state index contributed by atoms with van der Waals surface area (Å²) in [5.41, 5.74) is 0.0450. The number of hydrogen-bond acceptors (Lipinski definition) is 4. The van der Waals surface area contributed by atoms with E-state index in [0.717, 1.165) is 6.08 Å². The Labute approximate surface area is 87.1 Å². The lowest BCUT2D eigenvalue weighted by atomic mass is 9.91. The highest BCUT2D eigenvalue weighted by atomic mass is 16.4. The average molecular weight is 211 g/mol. The van der Waals surface area contributed by atoms with E-state index in [1.165, 1.54) is 6.39 Å². The molecule has 1 heterocycles. The predicted molar refractivity (Wildman–Crippen MR) is 53.4 cm³/mol. The summed E-state index contributed by atoms with van der Waals surface area (Å²) in [6.07, 6.45) is 2.30. The summed E-state index contributed by atoms with van der Waals surface area (Å²) in [7, 11) is 0. The van der Waals surface area contributed by atoms with Gasteiger partial charge < -0.3 is 14.6 Å². The Kier molecular flexibility index (Phi) is 2.83. The molecule has 0 fully saturated rings. The largest absolute Gasteiger partial charge is 0.502 e. The molecule has 0 radical (unpaired) electrons. The maximum absolute atomic E-state index is 10.4. The second-order valence-corrected chi connectivity index (χ2v) is 4.15. The fraction of sp³-hybridized carbons (Fsp3) is 0.400. The van der Waals surface area contributed by atoms with Crippen LogP contribution < -0.4 is 0 Å². The van der Waals surface area contributed by atoms with E-state index in [1.54, 1.807) is 0 Å². The van der Waals surface area contributed by atoms with Gasteiger partial charge in [0.2, 0.25) is 5.76 Å². The lowest BCUT2D eigenvalue weighted by Gasteiger charge is -2.14. The zero-order valence-electron chi connectivity index (χ0n) is 8.81. The monoisotopic (exact) mass is 211 g/mol. The van der Waals surface area contributed by atoms with Crippen molar-refractivity contribution in [3.63, 3.8) is 0 Å². The lowest BCUT2D eigenvalue weighted by Crippen LogP contribution is -2.12. The molecule has 0 amide bonds. The highest BCUT2D eigenvalue weighted by Crippen LogP contribution is 2.26. The first-order valence-electron chi connectivity index (χ1n) is 4.40. The molecule has 0 aliphatic heterocycles. The molecule has 0 saturated carbocycles. The Morgan fingerprint density at radius 1 is 1.47 bits per heavy atom. The smallest absolute Gasteiger partial charge is 0.371 e. The molecule has 1 aromatic heterocycles. The molecule has 0 aromatic carbocycles.